The first-order valence-electron chi connectivity index (χ1n) is 12.5. The SMILES string of the molecule is CC(C)CNC(=O)[C@@H](Cc1ccccc1)N(Cc1cccc(Br)c1)C(=O)CN(c1cccc(Br)c1)S(C)(=O)=O. The van der Waals surface area contributed by atoms with Crippen molar-refractivity contribution < 1.29 is 18.0 Å². The second kappa shape index (κ2) is 14.1. The van der Waals surface area contributed by atoms with Crippen LogP contribution < -0.4 is 9.62 Å². The van der Waals surface area contributed by atoms with Crippen LogP contribution in [0.25, 0.3) is 0 Å². The molecular weight excluding hydrogens is 646 g/mol. The molecule has 0 radical (unpaired) electrons. The Balaban J connectivity index is 2.05. The van der Waals surface area contributed by atoms with Gasteiger partial charge in [-0.25, -0.2) is 8.42 Å². The number of anilines is 1. The number of nitrogens with zero attached hydrogens (tertiary/aromatic N) is 2. The Hall–Kier alpha value is -2.69. The average Bonchev–Trinajstić information content (AvgIpc) is 2.87. The van der Waals surface area contributed by atoms with E-state index in [9.17, 15) is 18.0 Å². The van der Waals surface area contributed by atoms with Gasteiger partial charge >= 0.3 is 0 Å². The molecule has 0 heterocycles. The second-order valence-corrected chi connectivity index (χ2v) is 13.5. The van der Waals surface area contributed by atoms with E-state index in [1.807, 2.05) is 68.4 Å². The van der Waals surface area contributed by atoms with Gasteiger partial charge in [0.2, 0.25) is 21.8 Å². The van der Waals surface area contributed by atoms with Crippen LogP contribution >= 0.6 is 31.9 Å². The Kier molecular flexibility index (Phi) is 11.1. The van der Waals surface area contributed by atoms with Gasteiger partial charge in [0.05, 0.1) is 11.9 Å². The molecule has 2 amide bonds. The van der Waals surface area contributed by atoms with E-state index in [0.29, 0.717) is 16.7 Å². The van der Waals surface area contributed by atoms with Crippen LogP contribution in [-0.2, 0) is 32.6 Å². The van der Waals surface area contributed by atoms with Crippen molar-refractivity contribution in [3.8, 4) is 0 Å². The van der Waals surface area contributed by atoms with Gasteiger partial charge in [0, 0.05) is 28.5 Å². The van der Waals surface area contributed by atoms with Gasteiger partial charge in [0.15, 0.2) is 0 Å². The molecule has 3 aromatic carbocycles. The van der Waals surface area contributed by atoms with Crippen molar-refractivity contribution in [2.45, 2.75) is 32.9 Å². The minimum absolute atomic E-state index is 0.126. The van der Waals surface area contributed by atoms with E-state index in [4.69, 9.17) is 0 Å². The number of halogens is 2. The number of rotatable bonds is 12. The van der Waals surface area contributed by atoms with E-state index >= 15 is 0 Å². The van der Waals surface area contributed by atoms with Crippen LogP contribution in [-0.4, -0.2) is 50.5 Å². The minimum Gasteiger partial charge on any atom is -0.354 e. The standard InChI is InChI=1S/C29H33Br2N3O4S/c1-21(2)18-32-29(36)27(16-22-9-5-4-6-10-22)33(19-23-11-7-12-24(30)15-23)28(35)20-34(39(3,37)38)26-14-8-13-25(31)17-26/h4-15,17,21,27H,16,18-20H2,1-3H3,(H,32,36)/t27-/m1/s1. The van der Waals surface area contributed by atoms with Crippen molar-refractivity contribution in [1.82, 2.24) is 10.2 Å². The first-order chi connectivity index (χ1) is 18.4. The molecule has 0 bridgehead atoms. The lowest BCUT2D eigenvalue weighted by Crippen LogP contribution is -2.53. The molecule has 0 unspecified atom stereocenters. The summed E-state index contributed by atoms with van der Waals surface area (Å²) in [5.41, 5.74) is 2.05. The predicted molar refractivity (Wildman–Crippen MR) is 163 cm³/mol. The third-order valence-corrected chi connectivity index (χ3v) is 8.10. The maximum absolute atomic E-state index is 14.0. The summed E-state index contributed by atoms with van der Waals surface area (Å²) in [5.74, 6) is -0.553. The summed E-state index contributed by atoms with van der Waals surface area (Å²) < 4.78 is 28.2. The zero-order valence-corrected chi connectivity index (χ0v) is 26.2. The first-order valence-corrected chi connectivity index (χ1v) is 16.0. The van der Waals surface area contributed by atoms with E-state index in [0.717, 1.165) is 26.2 Å². The third-order valence-electron chi connectivity index (χ3n) is 5.97. The molecule has 1 atom stereocenters. The summed E-state index contributed by atoms with van der Waals surface area (Å²) in [6.07, 6.45) is 1.34. The number of carbonyl (C=O) groups is 2. The van der Waals surface area contributed by atoms with E-state index in [2.05, 4.69) is 37.2 Å². The van der Waals surface area contributed by atoms with Gasteiger partial charge in [0.25, 0.3) is 0 Å². The van der Waals surface area contributed by atoms with Gasteiger partial charge in [0.1, 0.15) is 12.6 Å². The molecule has 3 aromatic rings. The highest BCUT2D eigenvalue weighted by atomic mass is 79.9. The number of hydrogen-bond acceptors (Lipinski definition) is 4. The Bertz CT molecular complexity index is 1380. The molecule has 7 nitrogen and oxygen atoms in total. The minimum atomic E-state index is -3.81. The quantitative estimate of drug-likeness (QED) is 0.278. The van der Waals surface area contributed by atoms with E-state index < -0.39 is 28.5 Å². The van der Waals surface area contributed by atoms with Crippen LogP contribution in [0, 0.1) is 5.92 Å². The van der Waals surface area contributed by atoms with Crippen LogP contribution in [0.5, 0.6) is 0 Å². The fourth-order valence-corrected chi connectivity index (χ4v) is 5.73. The molecule has 0 aliphatic carbocycles. The number of hydrogen-bond donors (Lipinski definition) is 1. The smallest absolute Gasteiger partial charge is 0.244 e. The summed E-state index contributed by atoms with van der Waals surface area (Å²) in [6, 6.07) is 22.9. The zero-order chi connectivity index (χ0) is 28.6. The lowest BCUT2D eigenvalue weighted by atomic mass is 10.0. The molecule has 0 saturated heterocycles. The Morgan fingerprint density at radius 2 is 1.49 bits per heavy atom. The lowest BCUT2D eigenvalue weighted by Gasteiger charge is -2.33. The first kappa shape index (κ1) is 30.8. The maximum Gasteiger partial charge on any atom is 0.244 e. The van der Waals surface area contributed by atoms with E-state index in [-0.39, 0.29) is 24.8 Å². The monoisotopic (exact) mass is 677 g/mol. The molecule has 3 rings (SSSR count). The molecule has 1 N–H and O–H groups in total. The number of sulfonamides is 1. The fraction of sp³-hybridized carbons (Fsp3) is 0.310. The maximum atomic E-state index is 14.0. The van der Waals surface area contributed by atoms with Crippen LogP contribution in [0.4, 0.5) is 5.69 Å². The normalized spacial score (nSPS) is 12.2. The van der Waals surface area contributed by atoms with Crippen molar-refractivity contribution in [3.63, 3.8) is 0 Å². The number of nitrogens with one attached hydrogen (secondary N) is 1. The number of benzene rings is 3. The van der Waals surface area contributed by atoms with Gasteiger partial charge < -0.3 is 10.2 Å². The van der Waals surface area contributed by atoms with Crippen molar-refractivity contribution in [2.24, 2.45) is 5.92 Å². The largest absolute Gasteiger partial charge is 0.354 e. The Morgan fingerprint density at radius 3 is 2.08 bits per heavy atom. The lowest BCUT2D eigenvalue weighted by molar-refractivity contribution is -0.140. The van der Waals surface area contributed by atoms with Gasteiger partial charge in [-0.3, -0.25) is 13.9 Å². The summed E-state index contributed by atoms with van der Waals surface area (Å²) in [4.78, 5) is 29.1. The molecular formula is C29H33Br2N3O4S. The predicted octanol–water partition coefficient (Wildman–Crippen LogP) is 5.39. The van der Waals surface area contributed by atoms with Crippen molar-refractivity contribution in [2.75, 3.05) is 23.7 Å². The highest BCUT2D eigenvalue weighted by Gasteiger charge is 2.33. The van der Waals surface area contributed by atoms with E-state index in [1.54, 1.807) is 24.3 Å². The molecule has 0 spiro atoms. The van der Waals surface area contributed by atoms with Gasteiger partial charge in [-0.05, 0) is 47.4 Å². The van der Waals surface area contributed by atoms with Crippen molar-refractivity contribution in [3.05, 3.63) is 98.9 Å². The van der Waals surface area contributed by atoms with Crippen LogP contribution in [0.3, 0.4) is 0 Å². The molecule has 10 heteroatoms. The van der Waals surface area contributed by atoms with Gasteiger partial charge in [-0.1, -0.05) is 94.2 Å². The summed E-state index contributed by atoms with van der Waals surface area (Å²) in [7, 11) is -3.81. The zero-order valence-electron chi connectivity index (χ0n) is 22.2. The molecule has 0 aliphatic heterocycles. The fourth-order valence-electron chi connectivity index (χ4n) is 4.05. The highest BCUT2D eigenvalue weighted by Crippen LogP contribution is 2.24. The van der Waals surface area contributed by atoms with E-state index in [1.165, 1.54) is 4.90 Å². The molecule has 0 aliphatic rings. The molecule has 208 valence electrons. The van der Waals surface area contributed by atoms with Gasteiger partial charge in [-0.2, -0.15) is 0 Å². The summed E-state index contributed by atoms with van der Waals surface area (Å²) >= 11 is 6.86. The Labute approximate surface area is 247 Å². The van der Waals surface area contributed by atoms with Crippen molar-refractivity contribution >= 4 is 59.4 Å². The molecule has 39 heavy (non-hydrogen) atoms. The second-order valence-electron chi connectivity index (χ2n) is 9.75. The third kappa shape index (κ3) is 9.47. The van der Waals surface area contributed by atoms with Gasteiger partial charge in [-0.15, -0.1) is 0 Å². The summed E-state index contributed by atoms with van der Waals surface area (Å²) in [6.45, 7) is 4.13. The molecule has 0 aromatic heterocycles. The topological polar surface area (TPSA) is 86.8 Å². The summed E-state index contributed by atoms with van der Waals surface area (Å²) in [5, 5.41) is 2.98. The molecule has 0 saturated carbocycles. The number of carbonyl (C=O) groups excluding carboxylic acids is 2. The van der Waals surface area contributed by atoms with Crippen LogP contribution in [0.15, 0.2) is 87.8 Å². The van der Waals surface area contributed by atoms with Crippen molar-refractivity contribution in [1.29, 1.82) is 0 Å². The van der Waals surface area contributed by atoms with Crippen LogP contribution in [0.1, 0.15) is 25.0 Å². The Morgan fingerprint density at radius 1 is 0.872 bits per heavy atom. The average molecular weight is 679 g/mol. The molecule has 0 fully saturated rings. The number of amides is 2. The highest BCUT2D eigenvalue weighted by molar-refractivity contribution is 9.10. The van der Waals surface area contributed by atoms with Crippen LogP contribution in [0.2, 0.25) is 0 Å².